The molecule has 1 atom stereocenters. The Hall–Kier alpha value is -5.33. The van der Waals surface area contributed by atoms with Gasteiger partial charge in [0.15, 0.2) is 17.2 Å². The highest BCUT2D eigenvalue weighted by Crippen LogP contribution is 2.49. The number of aliphatic hydroxyl groups is 1. The smallest absolute Gasteiger partial charge is 0.494 e. The Balaban J connectivity index is 1.40. The molecule has 6 rings (SSSR count). The number of nitrogens with zero attached hydrogens (tertiary/aromatic N) is 3. The van der Waals surface area contributed by atoms with Crippen LogP contribution in [0.4, 0.5) is 30.7 Å². The zero-order chi connectivity index (χ0) is 36.4. The van der Waals surface area contributed by atoms with Crippen LogP contribution in [0.1, 0.15) is 52.2 Å². The van der Waals surface area contributed by atoms with Crippen LogP contribution in [0.25, 0.3) is 22.2 Å². The predicted molar refractivity (Wildman–Crippen MR) is 157 cm³/mol. The third-order valence-corrected chi connectivity index (χ3v) is 7.95. The van der Waals surface area contributed by atoms with Crippen LogP contribution < -0.4 is 30.0 Å². The quantitative estimate of drug-likeness (QED) is 0.191. The molecule has 19 heteroatoms. The van der Waals surface area contributed by atoms with E-state index in [0.717, 1.165) is 25.0 Å². The number of benzene rings is 2. The number of methoxy groups -OCH3 is 1. The first kappa shape index (κ1) is 34.5. The van der Waals surface area contributed by atoms with Crippen molar-refractivity contribution >= 4 is 22.7 Å². The molecule has 2 aliphatic rings. The molecule has 266 valence electrons. The van der Waals surface area contributed by atoms with Gasteiger partial charge in [0.1, 0.15) is 17.0 Å². The molecule has 50 heavy (non-hydrogen) atoms. The fraction of sp³-hybridized carbons (Fsp3) is 0.355. The highest BCUT2D eigenvalue weighted by molar-refractivity contribution is 6.00. The van der Waals surface area contributed by atoms with Crippen molar-refractivity contribution in [2.45, 2.75) is 49.8 Å². The number of pyridine rings is 1. The maximum Gasteiger partial charge on any atom is 0.507 e. The Morgan fingerprint density at radius 3 is 2.36 bits per heavy atom. The summed E-state index contributed by atoms with van der Waals surface area (Å²) >= 11 is 0. The van der Waals surface area contributed by atoms with Crippen molar-refractivity contribution < 1.29 is 64.4 Å². The third kappa shape index (κ3) is 5.94. The van der Waals surface area contributed by atoms with E-state index in [-0.39, 0.29) is 29.5 Å². The predicted octanol–water partition coefficient (Wildman–Crippen LogP) is 5.08. The number of rotatable bonds is 10. The van der Waals surface area contributed by atoms with E-state index in [1.165, 1.54) is 26.2 Å². The number of alkyl halides is 7. The molecule has 2 aromatic carbocycles. The minimum atomic E-state index is -5.57. The van der Waals surface area contributed by atoms with Crippen LogP contribution in [0, 0.1) is 0 Å². The standard InChI is InChI=1S/C31H26F7N5O7/c1-3-48-25-18(26(39)44)11-22(41-24(25)14-4-7-19-20(9-14)50-31(37,38)30(35,36)49-19)28(46,29(32,33)34)13-40-27(45)15-8-16-12-43(17-5-6-17)42-23(16)21(10-15)47-2/h4,7-12,17,46H,3,5-6,13H2,1-2H3,(H2,39,44)(H,40,45)/t28-/m1/s1. The van der Waals surface area contributed by atoms with Crippen molar-refractivity contribution in [1.82, 2.24) is 20.1 Å². The number of carbonyl (C=O) groups is 2. The summed E-state index contributed by atoms with van der Waals surface area (Å²) in [5, 5.41) is 18.2. The Morgan fingerprint density at radius 2 is 1.76 bits per heavy atom. The first-order valence-corrected chi connectivity index (χ1v) is 14.8. The average Bonchev–Trinajstić information content (AvgIpc) is 3.80. The second-order valence-corrected chi connectivity index (χ2v) is 11.4. The molecule has 1 saturated carbocycles. The summed E-state index contributed by atoms with van der Waals surface area (Å²) < 4.78 is 120. The molecule has 2 amide bonds. The molecule has 4 N–H and O–H groups in total. The normalized spacial score (nSPS) is 17.6. The van der Waals surface area contributed by atoms with E-state index >= 15 is 0 Å². The van der Waals surface area contributed by atoms with Crippen molar-refractivity contribution in [2.75, 3.05) is 20.3 Å². The zero-order valence-corrected chi connectivity index (χ0v) is 25.9. The largest absolute Gasteiger partial charge is 0.507 e. The van der Waals surface area contributed by atoms with Crippen molar-refractivity contribution in [3.8, 4) is 34.3 Å². The van der Waals surface area contributed by atoms with Crippen LogP contribution in [0.5, 0.6) is 23.0 Å². The average molecular weight is 714 g/mol. The van der Waals surface area contributed by atoms with Crippen LogP contribution in [0.3, 0.4) is 0 Å². The van der Waals surface area contributed by atoms with E-state index in [1.54, 1.807) is 10.9 Å². The van der Waals surface area contributed by atoms with Crippen LogP contribution in [0.15, 0.2) is 42.6 Å². The van der Waals surface area contributed by atoms with Crippen LogP contribution in [-0.2, 0) is 5.60 Å². The molecule has 0 bridgehead atoms. The Bertz CT molecular complexity index is 2020. The lowest BCUT2D eigenvalue weighted by Crippen LogP contribution is -2.52. The molecular weight excluding hydrogens is 687 g/mol. The molecule has 4 aromatic rings. The number of hydrogen-bond donors (Lipinski definition) is 3. The summed E-state index contributed by atoms with van der Waals surface area (Å²) in [5.74, 6) is -4.57. The lowest BCUT2D eigenvalue weighted by Gasteiger charge is -2.32. The van der Waals surface area contributed by atoms with Gasteiger partial charge in [-0.05, 0) is 56.2 Å². The lowest BCUT2D eigenvalue weighted by atomic mass is 9.94. The number of nitrogens with one attached hydrogen (secondary N) is 1. The van der Waals surface area contributed by atoms with Gasteiger partial charge in [-0.2, -0.15) is 35.8 Å². The van der Waals surface area contributed by atoms with Gasteiger partial charge in [-0.15, -0.1) is 0 Å². The molecule has 2 aromatic heterocycles. The number of amides is 2. The van der Waals surface area contributed by atoms with Crippen molar-refractivity contribution in [1.29, 1.82) is 0 Å². The van der Waals surface area contributed by atoms with Gasteiger partial charge in [0, 0.05) is 22.7 Å². The fourth-order valence-electron chi connectivity index (χ4n) is 5.21. The molecule has 0 saturated heterocycles. The number of fused-ring (bicyclic) bond motifs is 2. The molecule has 1 aliphatic carbocycles. The summed E-state index contributed by atoms with van der Waals surface area (Å²) in [7, 11) is 1.32. The molecule has 1 aliphatic heterocycles. The topological polar surface area (TPSA) is 160 Å². The number of hydrogen-bond acceptors (Lipinski definition) is 9. The second kappa shape index (κ2) is 11.9. The number of halogens is 7. The van der Waals surface area contributed by atoms with E-state index in [1.807, 2.05) is 5.32 Å². The number of carbonyl (C=O) groups excluding carboxylic acids is 2. The molecular formula is C31H26F7N5O7. The highest BCUT2D eigenvalue weighted by atomic mass is 19.4. The van der Waals surface area contributed by atoms with Crippen LogP contribution in [-0.4, -0.2) is 70.3 Å². The van der Waals surface area contributed by atoms with Gasteiger partial charge in [-0.3, -0.25) is 14.3 Å². The Kier molecular flexibility index (Phi) is 8.23. The molecule has 0 spiro atoms. The van der Waals surface area contributed by atoms with Gasteiger partial charge in [0.2, 0.25) is 5.60 Å². The van der Waals surface area contributed by atoms with Gasteiger partial charge in [0.25, 0.3) is 11.8 Å². The molecule has 0 radical (unpaired) electrons. The monoisotopic (exact) mass is 713 g/mol. The van der Waals surface area contributed by atoms with Crippen molar-refractivity contribution in [2.24, 2.45) is 5.73 Å². The maximum atomic E-state index is 14.7. The van der Waals surface area contributed by atoms with Crippen molar-refractivity contribution in [3.63, 3.8) is 0 Å². The molecule has 1 fully saturated rings. The van der Waals surface area contributed by atoms with E-state index < -0.39 is 76.6 Å². The number of aromatic nitrogens is 3. The summed E-state index contributed by atoms with van der Waals surface area (Å²) in [4.78, 5) is 29.6. The van der Waals surface area contributed by atoms with Crippen molar-refractivity contribution in [3.05, 3.63) is 59.4 Å². The van der Waals surface area contributed by atoms with Gasteiger partial charge in [-0.25, -0.2) is 4.98 Å². The van der Waals surface area contributed by atoms with Gasteiger partial charge in [-0.1, -0.05) is 0 Å². The fourth-order valence-corrected chi connectivity index (χ4v) is 5.21. The Morgan fingerprint density at radius 1 is 1.08 bits per heavy atom. The number of nitrogens with two attached hydrogens (primary N) is 1. The van der Waals surface area contributed by atoms with Gasteiger partial charge in [0.05, 0.1) is 37.6 Å². The van der Waals surface area contributed by atoms with E-state index in [9.17, 15) is 45.4 Å². The second-order valence-electron chi connectivity index (χ2n) is 11.4. The summed E-state index contributed by atoms with van der Waals surface area (Å²) in [6.07, 6.45) is -12.3. The zero-order valence-electron chi connectivity index (χ0n) is 25.9. The summed E-state index contributed by atoms with van der Waals surface area (Å²) in [5.41, 5.74) is -1.28. The lowest BCUT2D eigenvalue weighted by molar-refractivity contribution is -0.391. The summed E-state index contributed by atoms with van der Waals surface area (Å²) in [6.45, 7) is -0.325. The first-order chi connectivity index (χ1) is 23.4. The Labute approximate surface area is 276 Å². The van der Waals surface area contributed by atoms with E-state index in [0.29, 0.717) is 23.0 Å². The van der Waals surface area contributed by atoms with E-state index in [4.69, 9.17) is 15.2 Å². The summed E-state index contributed by atoms with van der Waals surface area (Å²) in [6, 6.07) is 5.68. The SMILES string of the molecule is CCOc1c(C(N)=O)cc([C@](O)(CNC(=O)c2cc(OC)c3nn(C4CC4)cc3c2)C(F)(F)F)nc1-c1ccc2c(c1)OC(F)(F)C(F)(F)O2. The number of ether oxygens (including phenoxy) is 4. The van der Waals surface area contributed by atoms with Gasteiger partial charge < -0.3 is 35.1 Å². The van der Waals surface area contributed by atoms with Gasteiger partial charge >= 0.3 is 18.4 Å². The highest BCUT2D eigenvalue weighted by Gasteiger charge is 2.66. The minimum Gasteiger partial charge on any atom is -0.494 e. The molecule has 0 unspecified atom stereocenters. The number of primary amides is 1. The van der Waals surface area contributed by atoms with E-state index in [2.05, 4.69) is 19.6 Å². The molecule has 12 nitrogen and oxygen atoms in total. The van der Waals surface area contributed by atoms with Crippen LogP contribution >= 0.6 is 0 Å². The molecule has 3 heterocycles. The maximum absolute atomic E-state index is 14.7. The third-order valence-electron chi connectivity index (χ3n) is 7.95. The minimum absolute atomic E-state index is 0.133. The van der Waals surface area contributed by atoms with Crippen LogP contribution in [0.2, 0.25) is 0 Å². The first-order valence-electron chi connectivity index (χ1n) is 14.8.